The molecular formula is C16H23N5O. The van der Waals surface area contributed by atoms with Gasteiger partial charge in [-0.2, -0.15) is 4.98 Å². The number of nitrogens with two attached hydrogens (primary N) is 1. The highest BCUT2D eigenvalue weighted by atomic mass is 16.5. The number of hydrogen-bond donors (Lipinski definition) is 2. The maximum Gasteiger partial charge on any atom is 0.222 e. The molecule has 1 unspecified atom stereocenters. The van der Waals surface area contributed by atoms with Gasteiger partial charge in [0.15, 0.2) is 0 Å². The second kappa shape index (κ2) is 5.12. The fraction of sp³-hybridized carbons (Fsp3) is 0.625. The number of nitrogen functional groups attached to an aromatic ring is 1. The Bertz CT molecular complexity index is 609. The topological polar surface area (TPSA) is 76.3 Å². The molecule has 6 nitrogen and oxygen atoms in total. The van der Waals surface area contributed by atoms with E-state index >= 15 is 0 Å². The van der Waals surface area contributed by atoms with Crippen molar-refractivity contribution >= 4 is 11.8 Å². The molecule has 118 valence electrons. The Hall–Kier alpha value is -1.82. The maximum absolute atomic E-state index is 6.00. The SMILES string of the molecule is CC1(c2cc(N3CC4=CNCC4C3)nc(N)n2)CCOCC1. The van der Waals surface area contributed by atoms with Crippen molar-refractivity contribution < 1.29 is 4.74 Å². The second-order valence-corrected chi connectivity index (χ2v) is 6.85. The van der Waals surface area contributed by atoms with Gasteiger partial charge in [-0.3, -0.25) is 0 Å². The molecule has 22 heavy (non-hydrogen) atoms. The zero-order valence-electron chi connectivity index (χ0n) is 13.0. The van der Waals surface area contributed by atoms with Gasteiger partial charge >= 0.3 is 0 Å². The Balaban J connectivity index is 1.64. The van der Waals surface area contributed by atoms with Crippen LogP contribution in [0.25, 0.3) is 0 Å². The fourth-order valence-electron chi connectivity index (χ4n) is 3.67. The molecule has 3 aliphatic heterocycles. The monoisotopic (exact) mass is 301 g/mol. The van der Waals surface area contributed by atoms with E-state index in [1.54, 1.807) is 0 Å². The molecule has 0 bridgehead atoms. The molecule has 0 saturated carbocycles. The first-order chi connectivity index (χ1) is 10.6. The lowest BCUT2D eigenvalue weighted by molar-refractivity contribution is 0.0551. The van der Waals surface area contributed by atoms with E-state index < -0.39 is 0 Å². The molecule has 3 N–H and O–H groups in total. The zero-order chi connectivity index (χ0) is 15.2. The van der Waals surface area contributed by atoms with Crippen molar-refractivity contribution in [3.8, 4) is 0 Å². The molecule has 0 amide bonds. The van der Waals surface area contributed by atoms with Crippen LogP contribution in [-0.4, -0.2) is 42.8 Å². The highest BCUT2D eigenvalue weighted by molar-refractivity contribution is 5.49. The molecule has 0 aromatic carbocycles. The third-order valence-corrected chi connectivity index (χ3v) is 5.26. The zero-order valence-corrected chi connectivity index (χ0v) is 13.0. The lowest BCUT2D eigenvalue weighted by Gasteiger charge is -2.33. The summed E-state index contributed by atoms with van der Waals surface area (Å²) in [6, 6.07) is 2.14. The predicted octanol–water partition coefficient (Wildman–Crippen LogP) is 1.05. The van der Waals surface area contributed by atoms with Crippen molar-refractivity contribution in [2.24, 2.45) is 5.92 Å². The fourth-order valence-corrected chi connectivity index (χ4v) is 3.67. The molecule has 1 aromatic rings. The van der Waals surface area contributed by atoms with Gasteiger partial charge in [0.1, 0.15) is 5.82 Å². The van der Waals surface area contributed by atoms with Crippen LogP contribution in [0.4, 0.5) is 11.8 Å². The number of anilines is 2. The van der Waals surface area contributed by atoms with Crippen LogP contribution in [-0.2, 0) is 10.2 Å². The first-order valence-electron chi connectivity index (χ1n) is 8.04. The number of nitrogens with one attached hydrogen (secondary N) is 1. The maximum atomic E-state index is 6.00. The largest absolute Gasteiger partial charge is 0.390 e. The van der Waals surface area contributed by atoms with Crippen molar-refractivity contribution in [3.05, 3.63) is 23.5 Å². The Morgan fingerprint density at radius 2 is 2.18 bits per heavy atom. The summed E-state index contributed by atoms with van der Waals surface area (Å²) in [5, 5.41) is 3.32. The summed E-state index contributed by atoms with van der Waals surface area (Å²) in [4.78, 5) is 11.3. The highest BCUT2D eigenvalue weighted by Crippen LogP contribution is 2.36. The van der Waals surface area contributed by atoms with Crippen LogP contribution in [0.3, 0.4) is 0 Å². The van der Waals surface area contributed by atoms with E-state index in [2.05, 4.69) is 39.4 Å². The normalized spacial score (nSPS) is 26.5. The summed E-state index contributed by atoms with van der Waals surface area (Å²) in [5.74, 6) is 1.95. The Morgan fingerprint density at radius 1 is 1.36 bits per heavy atom. The molecular weight excluding hydrogens is 278 g/mol. The summed E-state index contributed by atoms with van der Waals surface area (Å²) in [5.41, 5.74) is 8.57. The molecule has 0 radical (unpaired) electrons. The van der Waals surface area contributed by atoms with Crippen LogP contribution in [0, 0.1) is 5.92 Å². The van der Waals surface area contributed by atoms with Gasteiger partial charge in [0, 0.05) is 50.2 Å². The van der Waals surface area contributed by atoms with Crippen molar-refractivity contribution in [1.29, 1.82) is 0 Å². The van der Waals surface area contributed by atoms with Crippen LogP contribution in [0.5, 0.6) is 0 Å². The van der Waals surface area contributed by atoms with Gasteiger partial charge in [0.05, 0.1) is 5.69 Å². The lowest BCUT2D eigenvalue weighted by atomic mass is 9.79. The molecule has 3 aliphatic rings. The van der Waals surface area contributed by atoms with Gasteiger partial charge in [-0.1, -0.05) is 6.92 Å². The van der Waals surface area contributed by atoms with E-state index in [4.69, 9.17) is 10.5 Å². The van der Waals surface area contributed by atoms with Gasteiger partial charge < -0.3 is 20.7 Å². The smallest absolute Gasteiger partial charge is 0.222 e. The lowest BCUT2D eigenvalue weighted by Crippen LogP contribution is -2.33. The molecule has 2 saturated heterocycles. The second-order valence-electron chi connectivity index (χ2n) is 6.85. The Labute approximate surface area is 130 Å². The van der Waals surface area contributed by atoms with E-state index in [1.165, 1.54) is 5.57 Å². The third-order valence-electron chi connectivity index (χ3n) is 5.26. The number of ether oxygens (including phenoxy) is 1. The number of rotatable bonds is 2. The van der Waals surface area contributed by atoms with E-state index in [9.17, 15) is 0 Å². The first-order valence-corrected chi connectivity index (χ1v) is 8.04. The van der Waals surface area contributed by atoms with E-state index in [1.807, 2.05) is 0 Å². The van der Waals surface area contributed by atoms with E-state index in [0.717, 1.165) is 57.2 Å². The minimum atomic E-state index is 0.0421. The predicted molar refractivity (Wildman–Crippen MR) is 85.6 cm³/mol. The quantitative estimate of drug-likeness (QED) is 0.850. The summed E-state index contributed by atoms with van der Waals surface area (Å²) in [7, 11) is 0. The van der Waals surface area contributed by atoms with Crippen LogP contribution >= 0.6 is 0 Å². The van der Waals surface area contributed by atoms with Crippen LogP contribution in [0.15, 0.2) is 17.8 Å². The minimum Gasteiger partial charge on any atom is -0.390 e. The van der Waals surface area contributed by atoms with Crippen molar-refractivity contribution in [2.45, 2.75) is 25.2 Å². The number of hydrogen-bond acceptors (Lipinski definition) is 6. The summed E-state index contributed by atoms with van der Waals surface area (Å²) in [6.45, 7) is 6.82. The van der Waals surface area contributed by atoms with Crippen LogP contribution in [0.2, 0.25) is 0 Å². The molecule has 1 atom stereocenters. The van der Waals surface area contributed by atoms with E-state index in [0.29, 0.717) is 11.9 Å². The molecule has 2 fully saturated rings. The number of aromatic nitrogens is 2. The van der Waals surface area contributed by atoms with Gasteiger partial charge in [0.25, 0.3) is 0 Å². The van der Waals surface area contributed by atoms with Gasteiger partial charge in [-0.05, 0) is 24.6 Å². The van der Waals surface area contributed by atoms with Gasteiger partial charge in [-0.25, -0.2) is 4.98 Å². The number of fused-ring (bicyclic) bond motifs is 1. The van der Waals surface area contributed by atoms with Gasteiger partial charge in [0.2, 0.25) is 5.95 Å². The Morgan fingerprint density at radius 3 is 2.95 bits per heavy atom. The molecule has 6 heteroatoms. The van der Waals surface area contributed by atoms with Crippen molar-refractivity contribution in [2.75, 3.05) is 43.5 Å². The standard InChI is InChI=1S/C16H23N5O/c1-16(2-4-22-5-3-16)13-6-14(20-15(17)19-13)21-9-11-7-18-8-12(11)10-21/h6-7,12,18H,2-5,8-10H2,1H3,(H2,17,19,20). The molecule has 0 spiro atoms. The molecule has 1 aromatic heterocycles. The molecule has 4 rings (SSSR count). The minimum absolute atomic E-state index is 0.0421. The summed E-state index contributed by atoms with van der Waals surface area (Å²) in [6.07, 6.45) is 4.12. The van der Waals surface area contributed by atoms with Crippen molar-refractivity contribution in [3.63, 3.8) is 0 Å². The Kier molecular flexibility index (Phi) is 3.22. The summed E-state index contributed by atoms with van der Waals surface area (Å²) < 4.78 is 5.50. The molecule has 4 heterocycles. The number of nitrogens with zero attached hydrogens (tertiary/aromatic N) is 3. The van der Waals surface area contributed by atoms with Gasteiger partial charge in [-0.15, -0.1) is 0 Å². The molecule has 0 aliphatic carbocycles. The summed E-state index contributed by atoms with van der Waals surface area (Å²) >= 11 is 0. The average Bonchev–Trinajstić information content (AvgIpc) is 3.08. The van der Waals surface area contributed by atoms with E-state index in [-0.39, 0.29) is 5.41 Å². The van der Waals surface area contributed by atoms with Crippen LogP contribution in [0.1, 0.15) is 25.5 Å². The highest BCUT2D eigenvalue weighted by Gasteiger charge is 2.34. The van der Waals surface area contributed by atoms with Crippen molar-refractivity contribution in [1.82, 2.24) is 15.3 Å². The third kappa shape index (κ3) is 2.31. The first kappa shape index (κ1) is 13.8. The average molecular weight is 301 g/mol. The van der Waals surface area contributed by atoms with Crippen LogP contribution < -0.4 is 16.0 Å².